The fourth-order valence-electron chi connectivity index (χ4n) is 4.21. The molecule has 3 rings (SSSR count). The largest absolute Gasteiger partial charge is 0.484 e. The van der Waals surface area contributed by atoms with Gasteiger partial charge in [-0.05, 0) is 63.7 Å². The van der Waals surface area contributed by atoms with Crippen LogP contribution < -0.4 is 10.1 Å². The van der Waals surface area contributed by atoms with E-state index >= 15 is 0 Å². The molecule has 0 radical (unpaired) electrons. The van der Waals surface area contributed by atoms with Gasteiger partial charge in [0.05, 0.1) is 5.92 Å². The number of nitrogens with zero attached hydrogens (tertiary/aromatic N) is 2. The van der Waals surface area contributed by atoms with Gasteiger partial charge in [0, 0.05) is 26.2 Å². The lowest BCUT2D eigenvalue weighted by Gasteiger charge is -2.38. The summed E-state index contributed by atoms with van der Waals surface area (Å²) >= 11 is 0. The van der Waals surface area contributed by atoms with Crippen LogP contribution in [0.1, 0.15) is 32.1 Å². The number of carbonyl (C=O) groups is 2. The van der Waals surface area contributed by atoms with Crippen molar-refractivity contribution in [1.82, 2.24) is 15.1 Å². The van der Waals surface area contributed by atoms with E-state index in [1.54, 1.807) is 4.90 Å². The van der Waals surface area contributed by atoms with Gasteiger partial charge in [0.2, 0.25) is 5.91 Å². The highest BCUT2D eigenvalue weighted by molar-refractivity contribution is 5.85. The number of halogens is 1. The van der Waals surface area contributed by atoms with E-state index in [4.69, 9.17) is 4.74 Å². The molecule has 2 heterocycles. The lowest BCUT2D eigenvalue weighted by Crippen LogP contribution is -2.49. The fraction of sp³-hybridized carbons (Fsp3) is 0.636. The van der Waals surface area contributed by atoms with E-state index in [-0.39, 0.29) is 36.7 Å². The summed E-state index contributed by atoms with van der Waals surface area (Å²) in [4.78, 5) is 29.3. The van der Waals surface area contributed by atoms with E-state index in [0.29, 0.717) is 18.8 Å². The van der Waals surface area contributed by atoms with Gasteiger partial charge in [-0.3, -0.25) is 9.59 Å². The van der Waals surface area contributed by atoms with Crippen molar-refractivity contribution >= 4 is 24.2 Å². The summed E-state index contributed by atoms with van der Waals surface area (Å²) in [5.41, 5.74) is 0. The Bertz CT molecular complexity index is 635. The fourth-order valence-corrected chi connectivity index (χ4v) is 4.21. The molecule has 6 nitrogen and oxygen atoms in total. The summed E-state index contributed by atoms with van der Waals surface area (Å²) in [6, 6.07) is 9.37. The van der Waals surface area contributed by atoms with Gasteiger partial charge >= 0.3 is 0 Å². The third-order valence-corrected chi connectivity index (χ3v) is 5.96. The minimum atomic E-state index is -0.0664. The molecule has 7 heteroatoms. The highest BCUT2D eigenvalue weighted by Crippen LogP contribution is 2.24. The number of benzene rings is 1. The van der Waals surface area contributed by atoms with Gasteiger partial charge in [0.15, 0.2) is 6.61 Å². The van der Waals surface area contributed by atoms with Crippen molar-refractivity contribution in [1.29, 1.82) is 0 Å². The Balaban J connectivity index is 0.00000300. The topological polar surface area (TPSA) is 61.9 Å². The molecule has 2 fully saturated rings. The average Bonchev–Trinajstić information content (AvgIpc) is 2.76. The van der Waals surface area contributed by atoms with Gasteiger partial charge in [-0.25, -0.2) is 0 Å². The molecular weight excluding hydrogens is 390 g/mol. The van der Waals surface area contributed by atoms with E-state index in [9.17, 15) is 9.59 Å². The number of carbonyl (C=O) groups excluding carboxylic acids is 2. The molecule has 0 aromatic heterocycles. The quantitative estimate of drug-likeness (QED) is 0.732. The molecule has 0 bridgehead atoms. The third kappa shape index (κ3) is 6.89. The first kappa shape index (κ1) is 23.5. The van der Waals surface area contributed by atoms with Crippen LogP contribution in [0.15, 0.2) is 30.3 Å². The Morgan fingerprint density at radius 1 is 1.07 bits per heavy atom. The lowest BCUT2D eigenvalue weighted by molar-refractivity contribution is -0.142. The molecular formula is C22H34ClN3O3. The zero-order valence-electron chi connectivity index (χ0n) is 17.3. The minimum absolute atomic E-state index is 0. The summed E-state index contributed by atoms with van der Waals surface area (Å²) in [6.45, 7) is 4.02. The number of rotatable bonds is 7. The number of hydrogen-bond acceptors (Lipinski definition) is 4. The second kappa shape index (κ2) is 12.0. The van der Waals surface area contributed by atoms with Gasteiger partial charge in [-0.15, -0.1) is 12.4 Å². The highest BCUT2D eigenvalue weighted by atomic mass is 35.5. The van der Waals surface area contributed by atoms with E-state index in [0.717, 1.165) is 51.2 Å². The molecule has 2 aliphatic heterocycles. The van der Waals surface area contributed by atoms with Crippen molar-refractivity contribution in [3.63, 3.8) is 0 Å². The van der Waals surface area contributed by atoms with Crippen LogP contribution >= 0.6 is 12.4 Å². The number of ether oxygens (including phenoxy) is 1. The summed E-state index contributed by atoms with van der Waals surface area (Å²) in [5.74, 6) is 1.54. The van der Waals surface area contributed by atoms with Crippen molar-refractivity contribution < 1.29 is 14.3 Å². The first-order valence-corrected chi connectivity index (χ1v) is 10.6. The predicted molar refractivity (Wildman–Crippen MR) is 116 cm³/mol. The number of para-hydroxylation sites is 1. The molecule has 0 saturated carbocycles. The molecule has 0 spiro atoms. The molecule has 2 aliphatic rings. The first-order chi connectivity index (χ1) is 13.7. The van der Waals surface area contributed by atoms with Crippen molar-refractivity contribution in [2.45, 2.75) is 32.1 Å². The second-order valence-corrected chi connectivity index (χ2v) is 7.94. The van der Waals surface area contributed by atoms with Gasteiger partial charge in [-0.1, -0.05) is 18.2 Å². The molecule has 0 aliphatic carbocycles. The molecule has 1 unspecified atom stereocenters. The van der Waals surface area contributed by atoms with Crippen molar-refractivity contribution in [3.8, 4) is 5.75 Å². The van der Waals surface area contributed by atoms with Crippen LogP contribution in [0, 0.1) is 11.8 Å². The monoisotopic (exact) mass is 423 g/mol. The number of likely N-dealkylation sites (tertiary alicyclic amines) is 2. The van der Waals surface area contributed by atoms with E-state index in [1.807, 2.05) is 42.3 Å². The van der Waals surface area contributed by atoms with Crippen molar-refractivity contribution in [3.05, 3.63) is 30.3 Å². The van der Waals surface area contributed by atoms with Gasteiger partial charge in [0.25, 0.3) is 5.91 Å². The van der Waals surface area contributed by atoms with Crippen molar-refractivity contribution in [2.75, 3.05) is 46.4 Å². The number of amides is 2. The maximum atomic E-state index is 13.0. The summed E-state index contributed by atoms with van der Waals surface area (Å²) in [7, 11) is 1.99. The van der Waals surface area contributed by atoms with Crippen LogP contribution in [0.25, 0.3) is 0 Å². The number of piperidine rings is 2. The first-order valence-electron chi connectivity index (χ1n) is 10.6. The Kier molecular flexibility index (Phi) is 9.74. The van der Waals surface area contributed by atoms with Crippen LogP contribution in [0.5, 0.6) is 5.75 Å². The molecule has 162 valence electrons. The summed E-state index contributed by atoms with van der Waals surface area (Å²) in [5, 5.41) is 3.21. The van der Waals surface area contributed by atoms with Crippen LogP contribution in [0.3, 0.4) is 0 Å². The molecule has 1 atom stereocenters. The van der Waals surface area contributed by atoms with E-state index in [2.05, 4.69) is 5.32 Å². The van der Waals surface area contributed by atoms with Gasteiger partial charge in [0.1, 0.15) is 5.75 Å². The number of nitrogens with one attached hydrogen (secondary N) is 1. The zero-order chi connectivity index (χ0) is 19.8. The Hall–Kier alpha value is -1.79. The second-order valence-electron chi connectivity index (χ2n) is 7.94. The van der Waals surface area contributed by atoms with Gasteiger partial charge < -0.3 is 19.9 Å². The average molecular weight is 424 g/mol. The maximum absolute atomic E-state index is 13.0. The third-order valence-electron chi connectivity index (χ3n) is 5.96. The maximum Gasteiger partial charge on any atom is 0.260 e. The molecule has 1 N–H and O–H groups in total. The minimum Gasteiger partial charge on any atom is -0.484 e. The van der Waals surface area contributed by atoms with E-state index in [1.165, 1.54) is 6.42 Å². The Morgan fingerprint density at radius 3 is 2.48 bits per heavy atom. The van der Waals surface area contributed by atoms with Crippen LogP contribution in [-0.4, -0.2) is 68.0 Å². The normalized spacial score (nSPS) is 20.1. The van der Waals surface area contributed by atoms with Crippen LogP contribution in [0.2, 0.25) is 0 Å². The highest BCUT2D eigenvalue weighted by Gasteiger charge is 2.32. The van der Waals surface area contributed by atoms with Crippen LogP contribution in [0.4, 0.5) is 0 Å². The zero-order valence-corrected chi connectivity index (χ0v) is 18.2. The standard InChI is InChI=1S/C22H33N3O3.ClH/c1-23-12-9-18-10-14-24(15-11-18)22(27)19-6-5-13-25(16-19)21(26)17-28-20-7-3-2-4-8-20;/h2-4,7-8,18-19,23H,5-6,9-17H2,1H3;1H. The molecule has 29 heavy (non-hydrogen) atoms. The Labute approximate surface area is 180 Å². The summed E-state index contributed by atoms with van der Waals surface area (Å²) < 4.78 is 5.59. The summed E-state index contributed by atoms with van der Waals surface area (Å²) in [6.07, 6.45) is 5.13. The molecule has 2 saturated heterocycles. The smallest absolute Gasteiger partial charge is 0.260 e. The molecule has 1 aromatic rings. The molecule has 1 aromatic carbocycles. The SMILES string of the molecule is CNCCC1CCN(C(=O)C2CCCN(C(=O)COc3ccccc3)C2)CC1.Cl. The predicted octanol–water partition coefficient (Wildman–Crippen LogP) is 2.57. The Morgan fingerprint density at radius 2 is 1.79 bits per heavy atom. The lowest BCUT2D eigenvalue weighted by atomic mass is 9.91. The van der Waals surface area contributed by atoms with Crippen molar-refractivity contribution in [2.24, 2.45) is 11.8 Å². The van der Waals surface area contributed by atoms with E-state index < -0.39 is 0 Å². The van der Waals surface area contributed by atoms with Gasteiger partial charge in [-0.2, -0.15) is 0 Å². The van der Waals surface area contributed by atoms with Crippen LogP contribution in [-0.2, 0) is 9.59 Å². The molecule has 2 amide bonds. The number of hydrogen-bond donors (Lipinski definition) is 1.